The Morgan fingerprint density at radius 2 is 2.13 bits per heavy atom. The van der Waals surface area contributed by atoms with Crippen molar-refractivity contribution in [3.8, 4) is 0 Å². The molecule has 1 aromatic carbocycles. The van der Waals surface area contributed by atoms with Crippen LogP contribution in [-0.2, 0) is 4.74 Å². The van der Waals surface area contributed by atoms with Gasteiger partial charge in [0.1, 0.15) is 5.69 Å². The van der Waals surface area contributed by atoms with Crippen LogP contribution >= 0.6 is 11.6 Å². The van der Waals surface area contributed by atoms with Gasteiger partial charge in [-0.25, -0.2) is 9.78 Å². The molecule has 2 aromatic rings. The maximum Gasteiger partial charge on any atom is 0.356 e. The van der Waals surface area contributed by atoms with E-state index in [9.17, 15) is 4.79 Å². The quantitative estimate of drug-likeness (QED) is 0.695. The highest BCUT2D eigenvalue weighted by molar-refractivity contribution is 6.35. The van der Waals surface area contributed by atoms with Crippen molar-refractivity contribution in [3.63, 3.8) is 0 Å². The van der Waals surface area contributed by atoms with Crippen LogP contribution in [0.4, 0.5) is 0 Å². The molecule has 0 fully saturated rings. The highest BCUT2D eigenvalue weighted by atomic mass is 35.5. The van der Waals surface area contributed by atoms with Crippen molar-refractivity contribution < 1.29 is 9.53 Å². The highest BCUT2D eigenvalue weighted by Gasteiger charge is 2.08. The summed E-state index contributed by atoms with van der Waals surface area (Å²) in [6, 6.07) is 8.73. The summed E-state index contributed by atoms with van der Waals surface area (Å²) >= 11 is 5.97. The lowest BCUT2D eigenvalue weighted by atomic mass is 10.2. The number of aromatic nitrogens is 1. The standard InChI is InChI=1S/C11H8ClNO2/c1-15-11(14)10-6-5-7-8(12)3-2-4-9(7)13-10/h2-6H,1H3. The van der Waals surface area contributed by atoms with Crippen LogP contribution in [0.2, 0.25) is 5.02 Å². The molecule has 0 aliphatic heterocycles. The minimum absolute atomic E-state index is 0.285. The maximum atomic E-state index is 11.2. The molecule has 3 nitrogen and oxygen atoms in total. The van der Waals surface area contributed by atoms with E-state index in [4.69, 9.17) is 11.6 Å². The maximum absolute atomic E-state index is 11.2. The lowest BCUT2D eigenvalue weighted by Crippen LogP contribution is -2.03. The van der Waals surface area contributed by atoms with Crippen molar-refractivity contribution in [2.24, 2.45) is 0 Å². The number of nitrogens with zero attached hydrogens (tertiary/aromatic N) is 1. The molecule has 76 valence electrons. The molecule has 0 saturated heterocycles. The van der Waals surface area contributed by atoms with E-state index in [0.717, 1.165) is 5.39 Å². The molecule has 2 rings (SSSR count). The van der Waals surface area contributed by atoms with Crippen LogP contribution < -0.4 is 0 Å². The van der Waals surface area contributed by atoms with E-state index >= 15 is 0 Å². The smallest absolute Gasteiger partial charge is 0.356 e. The van der Waals surface area contributed by atoms with E-state index in [1.54, 1.807) is 30.3 Å². The third-order valence-corrected chi connectivity index (χ3v) is 2.40. The Morgan fingerprint density at radius 1 is 1.33 bits per heavy atom. The molecule has 0 unspecified atom stereocenters. The molecule has 4 heteroatoms. The van der Waals surface area contributed by atoms with Crippen LogP contribution in [0, 0.1) is 0 Å². The largest absolute Gasteiger partial charge is 0.464 e. The molecule has 0 saturated carbocycles. The number of ether oxygens (including phenoxy) is 1. The molecule has 0 atom stereocenters. The summed E-state index contributed by atoms with van der Waals surface area (Å²) in [5, 5.41) is 1.45. The number of halogens is 1. The monoisotopic (exact) mass is 221 g/mol. The van der Waals surface area contributed by atoms with Crippen molar-refractivity contribution in [3.05, 3.63) is 41.0 Å². The van der Waals surface area contributed by atoms with Gasteiger partial charge in [-0.2, -0.15) is 0 Å². The summed E-state index contributed by atoms with van der Waals surface area (Å²) < 4.78 is 4.58. The van der Waals surface area contributed by atoms with Crippen LogP contribution in [0.5, 0.6) is 0 Å². The van der Waals surface area contributed by atoms with Gasteiger partial charge in [-0.05, 0) is 24.3 Å². The van der Waals surface area contributed by atoms with Gasteiger partial charge in [-0.15, -0.1) is 0 Å². The van der Waals surface area contributed by atoms with E-state index in [1.165, 1.54) is 7.11 Å². The SMILES string of the molecule is COC(=O)c1ccc2c(Cl)cccc2n1. The molecule has 0 radical (unpaired) electrons. The third-order valence-electron chi connectivity index (χ3n) is 2.07. The molecule has 15 heavy (non-hydrogen) atoms. The van der Waals surface area contributed by atoms with Gasteiger partial charge < -0.3 is 4.74 Å². The first-order valence-corrected chi connectivity index (χ1v) is 4.74. The molecule has 0 spiro atoms. The van der Waals surface area contributed by atoms with Gasteiger partial charge in [-0.1, -0.05) is 17.7 Å². The number of esters is 1. The van der Waals surface area contributed by atoms with Crippen LogP contribution in [0.3, 0.4) is 0 Å². The summed E-state index contributed by atoms with van der Waals surface area (Å²) in [6.45, 7) is 0. The Labute approximate surface area is 91.6 Å². The fraction of sp³-hybridized carbons (Fsp3) is 0.0909. The van der Waals surface area contributed by atoms with Gasteiger partial charge in [0.05, 0.1) is 12.6 Å². The first-order chi connectivity index (χ1) is 7.22. The fourth-order valence-electron chi connectivity index (χ4n) is 1.34. The second kappa shape index (κ2) is 3.87. The van der Waals surface area contributed by atoms with Crippen LogP contribution in [0.1, 0.15) is 10.5 Å². The number of carbonyl (C=O) groups is 1. The van der Waals surface area contributed by atoms with Gasteiger partial charge in [-0.3, -0.25) is 0 Å². The average molecular weight is 222 g/mol. The Bertz CT molecular complexity index is 525. The first kappa shape index (κ1) is 9.93. The third kappa shape index (κ3) is 1.78. The van der Waals surface area contributed by atoms with Crippen LogP contribution in [-0.4, -0.2) is 18.1 Å². The Balaban J connectivity index is 2.62. The molecule has 0 aliphatic rings. The van der Waals surface area contributed by atoms with Crippen molar-refractivity contribution in [1.82, 2.24) is 4.98 Å². The fourth-order valence-corrected chi connectivity index (χ4v) is 1.57. The first-order valence-electron chi connectivity index (χ1n) is 4.36. The van der Waals surface area contributed by atoms with Crippen LogP contribution in [0.25, 0.3) is 10.9 Å². The van der Waals surface area contributed by atoms with E-state index < -0.39 is 5.97 Å². The number of hydrogen-bond donors (Lipinski definition) is 0. The molecule has 0 aliphatic carbocycles. The molecule has 0 N–H and O–H groups in total. The minimum atomic E-state index is -0.447. The summed E-state index contributed by atoms with van der Waals surface area (Å²) in [5.74, 6) is -0.447. The lowest BCUT2D eigenvalue weighted by Gasteiger charge is -2.02. The number of carbonyl (C=O) groups excluding carboxylic acids is 1. The Kier molecular flexibility index (Phi) is 2.56. The second-order valence-corrected chi connectivity index (χ2v) is 3.40. The number of rotatable bonds is 1. The van der Waals surface area contributed by atoms with E-state index in [2.05, 4.69) is 9.72 Å². The molecular weight excluding hydrogens is 214 g/mol. The number of fused-ring (bicyclic) bond motifs is 1. The zero-order valence-corrected chi connectivity index (χ0v) is 8.78. The van der Waals surface area contributed by atoms with Crippen molar-refractivity contribution in [2.75, 3.05) is 7.11 Å². The van der Waals surface area contributed by atoms with Gasteiger partial charge in [0.15, 0.2) is 0 Å². The van der Waals surface area contributed by atoms with Crippen LogP contribution in [0.15, 0.2) is 30.3 Å². The average Bonchev–Trinajstić information content (AvgIpc) is 2.28. The van der Waals surface area contributed by atoms with Gasteiger partial charge in [0.2, 0.25) is 0 Å². The lowest BCUT2D eigenvalue weighted by molar-refractivity contribution is 0.0594. The molecular formula is C11H8ClNO2. The zero-order chi connectivity index (χ0) is 10.8. The molecule has 0 bridgehead atoms. The summed E-state index contributed by atoms with van der Waals surface area (Å²) in [4.78, 5) is 15.4. The van der Waals surface area contributed by atoms with E-state index in [0.29, 0.717) is 10.5 Å². The summed E-state index contributed by atoms with van der Waals surface area (Å²) in [5.41, 5.74) is 0.970. The van der Waals surface area contributed by atoms with Gasteiger partial charge in [0, 0.05) is 10.4 Å². The zero-order valence-electron chi connectivity index (χ0n) is 8.03. The predicted octanol–water partition coefficient (Wildman–Crippen LogP) is 2.67. The van der Waals surface area contributed by atoms with Crippen molar-refractivity contribution >= 4 is 28.5 Å². The minimum Gasteiger partial charge on any atom is -0.464 e. The Morgan fingerprint density at radius 3 is 2.87 bits per heavy atom. The van der Waals surface area contributed by atoms with E-state index in [-0.39, 0.29) is 5.69 Å². The molecule has 1 heterocycles. The van der Waals surface area contributed by atoms with E-state index in [1.807, 2.05) is 0 Å². The predicted molar refractivity (Wildman–Crippen MR) is 58.1 cm³/mol. The summed E-state index contributed by atoms with van der Waals surface area (Å²) in [6.07, 6.45) is 0. The highest BCUT2D eigenvalue weighted by Crippen LogP contribution is 2.21. The number of methoxy groups -OCH3 is 1. The topological polar surface area (TPSA) is 39.2 Å². The number of pyridine rings is 1. The molecule has 0 amide bonds. The second-order valence-electron chi connectivity index (χ2n) is 2.99. The van der Waals surface area contributed by atoms with Gasteiger partial charge in [0.25, 0.3) is 0 Å². The van der Waals surface area contributed by atoms with Gasteiger partial charge >= 0.3 is 5.97 Å². The number of benzene rings is 1. The van der Waals surface area contributed by atoms with Crippen molar-refractivity contribution in [1.29, 1.82) is 0 Å². The summed E-state index contributed by atoms with van der Waals surface area (Å²) in [7, 11) is 1.33. The molecule has 1 aromatic heterocycles. The normalized spacial score (nSPS) is 10.3. The van der Waals surface area contributed by atoms with Crippen molar-refractivity contribution in [2.45, 2.75) is 0 Å². The Hall–Kier alpha value is -1.61. The number of hydrogen-bond acceptors (Lipinski definition) is 3.